The number of aromatic nitrogens is 2. The third kappa shape index (κ3) is 3.17. The first kappa shape index (κ1) is 15.4. The summed E-state index contributed by atoms with van der Waals surface area (Å²) in [6.07, 6.45) is 2.99. The molecule has 0 saturated heterocycles. The molecule has 1 N–H and O–H groups in total. The summed E-state index contributed by atoms with van der Waals surface area (Å²) < 4.78 is 16.0. The highest BCUT2D eigenvalue weighted by Gasteiger charge is 2.14. The van der Waals surface area contributed by atoms with Crippen molar-refractivity contribution >= 4 is 5.82 Å². The minimum absolute atomic E-state index is 0.231. The van der Waals surface area contributed by atoms with E-state index in [-0.39, 0.29) is 5.69 Å². The van der Waals surface area contributed by atoms with E-state index >= 15 is 0 Å². The maximum Gasteiger partial charge on any atom is 0.182 e. The third-order valence-corrected chi connectivity index (χ3v) is 3.05. The van der Waals surface area contributed by atoms with Gasteiger partial charge in [-0.05, 0) is 0 Å². The van der Waals surface area contributed by atoms with Gasteiger partial charge in [-0.1, -0.05) is 0 Å². The molecule has 1 aromatic carbocycles. The zero-order valence-electron chi connectivity index (χ0n) is 12.6. The molecule has 0 spiro atoms. The van der Waals surface area contributed by atoms with Crippen LogP contribution in [0.25, 0.3) is 0 Å². The average molecular weight is 300 g/mol. The summed E-state index contributed by atoms with van der Waals surface area (Å²) in [6, 6.07) is 5.52. The Hall–Kier alpha value is -3.01. The molecular weight excluding hydrogens is 284 g/mol. The number of methoxy groups -OCH3 is 3. The molecule has 0 unspecified atom stereocenters. The number of nitrogens with one attached hydrogen (secondary N) is 1. The SMILES string of the molecule is COc1cc(OC)c(CNc2nccnc2C#N)c(OC)c1. The summed E-state index contributed by atoms with van der Waals surface area (Å²) in [4.78, 5) is 8.06. The molecule has 0 amide bonds. The lowest BCUT2D eigenvalue weighted by atomic mass is 10.1. The second-order valence-corrected chi connectivity index (χ2v) is 4.23. The van der Waals surface area contributed by atoms with E-state index in [0.717, 1.165) is 5.56 Å². The number of rotatable bonds is 6. The number of anilines is 1. The molecule has 2 aromatic rings. The van der Waals surface area contributed by atoms with Crippen molar-refractivity contribution in [2.75, 3.05) is 26.6 Å². The number of benzene rings is 1. The smallest absolute Gasteiger partial charge is 0.182 e. The number of nitriles is 1. The largest absolute Gasteiger partial charge is 0.496 e. The summed E-state index contributed by atoms with van der Waals surface area (Å²) in [5.41, 5.74) is 1.02. The Morgan fingerprint density at radius 1 is 1.05 bits per heavy atom. The lowest BCUT2D eigenvalue weighted by Gasteiger charge is -2.16. The summed E-state index contributed by atoms with van der Waals surface area (Å²) in [5.74, 6) is 2.27. The van der Waals surface area contributed by atoms with E-state index in [0.29, 0.717) is 29.6 Å². The molecule has 114 valence electrons. The molecule has 0 aliphatic carbocycles. The van der Waals surface area contributed by atoms with Crippen molar-refractivity contribution in [1.29, 1.82) is 5.26 Å². The highest BCUT2D eigenvalue weighted by atomic mass is 16.5. The molecule has 0 saturated carbocycles. The number of ether oxygens (including phenoxy) is 3. The standard InChI is InChI=1S/C15H16N4O3/c1-20-10-6-13(21-2)11(14(7-10)22-3)9-19-15-12(8-16)17-4-5-18-15/h4-7H,9H2,1-3H3,(H,18,19). The fraction of sp³-hybridized carbons (Fsp3) is 0.267. The molecule has 2 rings (SSSR count). The minimum Gasteiger partial charge on any atom is -0.496 e. The molecule has 0 radical (unpaired) electrons. The van der Waals surface area contributed by atoms with Crippen LogP contribution in [0.1, 0.15) is 11.3 Å². The van der Waals surface area contributed by atoms with Crippen LogP contribution in [0.2, 0.25) is 0 Å². The summed E-state index contributed by atoms with van der Waals surface area (Å²) >= 11 is 0. The molecule has 1 aromatic heterocycles. The predicted molar refractivity (Wildman–Crippen MR) is 80.2 cm³/mol. The maximum atomic E-state index is 9.03. The van der Waals surface area contributed by atoms with Gasteiger partial charge in [0.25, 0.3) is 0 Å². The van der Waals surface area contributed by atoms with E-state index in [9.17, 15) is 0 Å². The molecule has 0 atom stereocenters. The maximum absolute atomic E-state index is 9.03. The highest BCUT2D eigenvalue weighted by Crippen LogP contribution is 2.34. The summed E-state index contributed by atoms with van der Waals surface area (Å²) in [7, 11) is 4.71. The third-order valence-electron chi connectivity index (χ3n) is 3.05. The molecule has 1 heterocycles. The van der Waals surface area contributed by atoms with Gasteiger partial charge in [-0.2, -0.15) is 5.26 Å². The van der Waals surface area contributed by atoms with E-state index < -0.39 is 0 Å². The zero-order valence-corrected chi connectivity index (χ0v) is 12.6. The average Bonchev–Trinajstić information content (AvgIpc) is 2.59. The van der Waals surface area contributed by atoms with Gasteiger partial charge in [0.05, 0.1) is 26.9 Å². The lowest BCUT2D eigenvalue weighted by molar-refractivity contribution is 0.369. The minimum atomic E-state index is 0.231. The normalized spacial score (nSPS) is 9.73. The van der Waals surface area contributed by atoms with Crippen LogP contribution in [0.15, 0.2) is 24.5 Å². The molecule has 22 heavy (non-hydrogen) atoms. The van der Waals surface area contributed by atoms with Gasteiger partial charge in [-0.25, -0.2) is 9.97 Å². The van der Waals surface area contributed by atoms with Crippen molar-refractivity contribution in [1.82, 2.24) is 9.97 Å². The predicted octanol–water partition coefficient (Wildman–Crippen LogP) is 1.99. The van der Waals surface area contributed by atoms with Gasteiger partial charge in [-0.3, -0.25) is 0 Å². The Kier molecular flexibility index (Phi) is 4.98. The molecular formula is C15H16N4O3. The Labute approximate surface area is 128 Å². The van der Waals surface area contributed by atoms with Crippen LogP contribution >= 0.6 is 0 Å². The van der Waals surface area contributed by atoms with Crippen LogP contribution in [-0.4, -0.2) is 31.3 Å². The van der Waals surface area contributed by atoms with Gasteiger partial charge in [-0.15, -0.1) is 0 Å². The monoisotopic (exact) mass is 300 g/mol. The van der Waals surface area contributed by atoms with E-state index in [2.05, 4.69) is 15.3 Å². The Bertz CT molecular complexity index is 672. The van der Waals surface area contributed by atoms with Gasteiger partial charge in [0, 0.05) is 31.1 Å². The fourth-order valence-corrected chi connectivity index (χ4v) is 1.97. The first-order valence-electron chi connectivity index (χ1n) is 6.47. The zero-order chi connectivity index (χ0) is 15.9. The van der Waals surface area contributed by atoms with Gasteiger partial charge in [0.1, 0.15) is 23.3 Å². The van der Waals surface area contributed by atoms with Crippen LogP contribution in [0.4, 0.5) is 5.82 Å². The van der Waals surface area contributed by atoms with Crippen molar-refractivity contribution in [2.24, 2.45) is 0 Å². The second-order valence-electron chi connectivity index (χ2n) is 4.23. The van der Waals surface area contributed by atoms with Crippen LogP contribution < -0.4 is 19.5 Å². The van der Waals surface area contributed by atoms with Crippen LogP contribution in [0.3, 0.4) is 0 Å². The van der Waals surface area contributed by atoms with Crippen molar-refractivity contribution in [3.63, 3.8) is 0 Å². The number of hydrogen-bond donors (Lipinski definition) is 1. The number of hydrogen-bond acceptors (Lipinski definition) is 7. The van der Waals surface area contributed by atoms with E-state index in [1.807, 2.05) is 6.07 Å². The molecule has 0 aliphatic heterocycles. The number of nitrogens with zero attached hydrogens (tertiary/aromatic N) is 3. The van der Waals surface area contributed by atoms with Crippen molar-refractivity contribution in [3.05, 3.63) is 35.8 Å². The van der Waals surface area contributed by atoms with Gasteiger partial charge in [0.15, 0.2) is 11.5 Å². The quantitative estimate of drug-likeness (QED) is 0.872. The first-order valence-corrected chi connectivity index (χ1v) is 6.47. The molecule has 7 nitrogen and oxygen atoms in total. The van der Waals surface area contributed by atoms with Crippen LogP contribution in [0, 0.1) is 11.3 Å². The van der Waals surface area contributed by atoms with Gasteiger partial charge >= 0.3 is 0 Å². The Balaban J connectivity index is 2.31. The second kappa shape index (κ2) is 7.13. The van der Waals surface area contributed by atoms with Crippen molar-refractivity contribution in [2.45, 2.75) is 6.54 Å². The van der Waals surface area contributed by atoms with E-state index in [1.165, 1.54) is 12.4 Å². The first-order chi connectivity index (χ1) is 10.7. The van der Waals surface area contributed by atoms with Gasteiger partial charge in [0.2, 0.25) is 0 Å². The summed E-state index contributed by atoms with van der Waals surface area (Å²) in [6.45, 7) is 0.365. The van der Waals surface area contributed by atoms with E-state index in [4.69, 9.17) is 19.5 Å². The molecule has 7 heteroatoms. The van der Waals surface area contributed by atoms with E-state index in [1.54, 1.807) is 33.5 Å². The molecule has 0 bridgehead atoms. The van der Waals surface area contributed by atoms with Gasteiger partial charge < -0.3 is 19.5 Å². The lowest BCUT2D eigenvalue weighted by Crippen LogP contribution is -2.07. The van der Waals surface area contributed by atoms with Crippen molar-refractivity contribution in [3.8, 4) is 23.3 Å². The van der Waals surface area contributed by atoms with Crippen LogP contribution in [-0.2, 0) is 6.54 Å². The van der Waals surface area contributed by atoms with Crippen LogP contribution in [0.5, 0.6) is 17.2 Å². The Morgan fingerprint density at radius 2 is 1.68 bits per heavy atom. The topological polar surface area (TPSA) is 89.3 Å². The Morgan fingerprint density at radius 3 is 2.23 bits per heavy atom. The molecule has 0 fully saturated rings. The molecule has 0 aliphatic rings. The highest BCUT2D eigenvalue weighted by molar-refractivity contribution is 5.54. The van der Waals surface area contributed by atoms with Crippen molar-refractivity contribution < 1.29 is 14.2 Å². The fourth-order valence-electron chi connectivity index (χ4n) is 1.97. The summed E-state index contributed by atoms with van der Waals surface area (Å²) in [5, 5.41) is 12.1.